The number of nitrogens with zero attached hydrogens (tertiary/aromatic N) is 4. The number of benzene rings is 1. The molecule has 7 nitrogen and oxygen atoms in total. The number of carbonyl (C=O) groups is 1. The molecule has 2 aromatic rings. The van der Waals surface area contributed by atoms with E-state index in [-0.39, 0.29) is 18.5 Å². The Morgan fingerprint density at radius 2 is 2.05 bits per heavy atom. The molecule has 0 radical (unpaired) electrons. The van der Waals surface area contributed by atoms with E-state index in [2.05, 4.69) is 20.3 Å². The maximum absolute atomic E-state index is 12.1. The fourth-order valence-corrected chi connectivity index (χ4v) is 1.80. The van der Waals surface area contributed by atoms with Gasteiger partial charge in [-0.3, -0.25) is 4.79 Å². The van der Waals surface area contributed by atoms with Crippen LogP contribution in [0.2, 0.25) is 0 Å². The maximum atomic E-state index is 12.1. The van der Waals surface area contributed by atoms with Crippen LogP contribution in [0.15, 0.2) is 24.3 Å². The SMILES string of the molecule is COc1nc(CNC(=O)c2cccc(C)c2)nc(N(C)C)n1. The molecule has 7 heteroatoms. The number of rotatable bonds is 5. The van der Waals surface area contributed by atoms with E-state index in [1.54, 1.807) is 11.0 Å². The number of amides is 1. The van der Waals surface area contributed by atoms with E-state index in [0.29, 0.717) is 17.3 Å². The van der Waals surface area contributed by atoms with Crippen LogP contribution in [0.25, 0.3) is 0 Å². The highest BCUT2D eigenvalue weighted by molar-refractivity contribution is 5.94. The highest BCUT2D eigenvalue weighted by Crippen LogP contribution is 2.10. The number of hydrogen-bond donors (Lipinski definition) is 1. The number of nitrogens with one attached hydrogen (secondary N) is 1. The normalized spacial score (nSPS) is 10.2. The van der Waals surface area contributed by atoms with Crippen molar-refractivity contribution in [2.45, 2.75) is 13.5 Å². The molecule has 0 aliphatic carbocycles. The second kappa shape index (κ2) is 6.84. The van der Waals surface area contributed by atoms with Crippen molar-refractivity contribution in [3.8, 4) is 6.01 Å². The third-order valence-electron chi connectivity index (χ3n) is 2.92. The molecule has 1 N–H and O–H groups in total. The van der Waals surface area contributed by atoms with Gasteiger partial charge in [-0.2, -0.15) is 15.0 Å². The van der Waals surface area contributed by atoms with Crippen molar-refractivity contribution < 1.29 is 9.53 Å². The minimum Gasteiger partial charge on any atom is -0.467 e. The number of aromatic nitrogens is 3. The van der Waals surface area contributed by atoms with Crippen molar-refractivity contribution in [2.24, 2.45) is 0 Å². The van der Waals surface area contributed by atoms with Gasteiger partial charge in [0, 0.05) is 19.7 Å². The average molecular weight is 301 g/mol. The number of hydrogen-bond acceptors (Lipinski definition) is 6. The molecule has 0 atom stereocenters. The van der Waals surface area contributed by atoms with Crippen LogP contribution in [0.1, 0.15) is 21.7 Å². The molecule has 0 aliphatic rings. The molecule has 0 spiro atoms. The summed E-state index contributed by atoms with van der Waals surface area (Å²) in [5, 5.41) is 2.79. The summed E-state index contributed by atoms with van der Waals surface area (Å²) in [6.07, 6.45) is 0. The lowest BCUT2D eigenvalue weighted by molar-refractivity contribution is 0.0949. The zero-order valence-corrected chi connectivity index (χ0v) is 13.1. The van der Waals surface area contributed by atoms with Crippen LogP contribution in [0, 0.1) is 6.92 Å². The quantitative estimate of drug-likeness (QED) is 0.893. The first kappa shape index (κ1) is 15.7. The van der Waals surface area contributed by atoms with Gasteiger partial charge in [0.1, 0.15) is 0 Å². The van der Waals surface area contributed by atoms with Crippen molar-refractivity contribution in [2.75, 3.05) is 26.1 Å². The van der Waals surface area contributed by atoms with Crippen molar-refractivity contribution in [3.05, 3.63) is 41.2 Å². The van der Waals surface area contributed by atoms with Crippen LogP contribution in [0.4, 0.5) is 5.95 Å². The smallest absolute Gasteiger partial charge is 0.321 e. The number of ether oxygens (including phenoxy) is 1. The lowest BCUT2D eigenvalue weighted by Gasteiger charge is -2.12. The van der Waals surface area contributed by atoms with Gasteiger partial charge in [0.2, 0.25) is 5.95 Å². The molecule has 0 unspecified atom stereocenters. The molecule has 0 saturated heterocycles. The van der Waals surface area contributed by atoms with Crippen molar-refractivity contribution >= 4 is 11.9 Å². The van der Waals surface area contributed by atoms with E-state index in [0.717, 1.165) is 5.56 Å². The Hall–Kier alpha value is -2.70. The molecule has 116 valence electrons. The minimum atomic E-state index is -0.172. The van der Waals surface area contributed by atoms with Crippen LogP contribution in [-0.2, 0) is 6.54 Å². The van der Waals surface area contributed by atoms with E-state index in [4.69, 9.17) is 4.74 Å². The summed E-state index contributed by atoms with van der Waals surface area (Å²) < 4.78 is 5.05. The van der Waals surface area contributed by atoms with Gasteiger partial charge in [-0.05, 0) is 19.1 Å². The van der Waals surface area contributed by atoms with Crippen molar-refractivity contribution in [3.63, 3.8) is 0 Å². The number of carbonyl (C=O) groups excluding carboxylic acids is 1. The lowest BCUT2D eigenvalue weighted by atomic mass is 10.1. The van der Waals surface area contributed by atoms with Crippen LogP contribution < -0.4 is 15.0 Å². The molecule has 1 heterocycles. The molecular weight excluding hydrogens is 282 g/mol. The predicted octanol–water partition coefficient (Wildman–Crippen LogP) is 1.18. The first-order valence-corrected chi connectivity index (χ1v) is 6.80. The van der Waals surface area contributed by atoms with E-state index in [1.165, 1.54) is 7.11 Å². The summed E-state index contributed by atoms with van der Waals surface area (Å²) in [4.78, 5) is 26.4. The van der Waals surface area contributed by atoms with Gasteiger partial charge < -0.3 is 15.0 Å². The zero-order valence-electron chi connectivity index (χ0n) is 13.1. The summed E-state index contributed by atoms with van der Waals surface area (Å²) in [6.45, 7) is 2.14. The first-order chi connectivity index (χ1) is 10.5. The van der Waals surface area contributed by atoms with Gasteiger partial charge in [0.05, 0.1) is 13.7 Å². The predicted molar refractivity (Wildman–Crippen MR) is 83.1 cm³/mol. The monoisotopic (exact) mass is 301 g/mol. The van der Waals surface area contributed by atoms with Crippen LogP contribution in [0.3, 0.4) is 0 Å². The van der Waals surface area contributed by atoms with Gasteiger partial charge in [0.15, 0.2) is 5.82 Å². The fraction of sp³-hybridized carbons (Fsp3) is 0.333. The highest BCUT2D eigenvalue weighted by atomic mass is 16.5. The molecule has 0 saturated carbocycles. The Balaban J connectivity index is 2.10. The van der Waals surface area contributed by atoms with E-state index >= 15 is 0 Å². The summed E-state index contributed by atoms with van der Waals surface area (Å²) in [6, 6.07) is 7.60. The molecule has 0 fully saturated rings. The Morgan fingerprint density at radius 3 is 2.68 bits per heavy atom. The third-order valence-corrected chi connectivity index (χ3v) is 2.92. The topological polar surface area (TPSA) is 80.2 Å². The Bertz CT molecular complexity index is 673. The third kappa shape index (κ3) is 3.91. The number of methoxy groups -OCH3 is 1. The number of anilines is 1. The lowest BCUT2D eigenvalue weighted by Crippen LogP contribution is -2.25. The number of aryl methyl sites for hydroxylation is 1. The van der Waals surface area contributed by atoms with Crippen LogP contribution in [-0.4, -0.2) is 42.1 Å². The fourth-order valence-electron chi connectivity index (χ4n) is 1.80. The van der Waals surface area contributed by atoms with Gasteiger partial charge in [-0.25, -0.2) is 0 Å². The van der Waals surface area contributed by atoms with Gasteiger partial charge in [0.25, 0.3) is 5.91 Å². The highest BCUT2D eigenvalue weighted by Gasteiger charge is 2.10. The van der Waals surface area contributed by atoms with Crippen molar-refractivity contribution in [1.29, 1.82) is 0 Å². The zero-order chi connectivity index (χ0) is 16.1. The van der Waals surface area contributed by atoms with Crippen LogP contribution >= 0.6 is 0 Å². The molecule has 0 aliphatic heterocycles. The van der Waals surface area contributed by atoms with Gasteiger partial charge in [-0.15, -0.1) is 0 Å². The molecule has 22 heavy (non-hydrogen) atoms. The standard InChI is InChI=1S/C15H19N5O2/c1-10-6-5-7-11(8-10)13(21)16-9-12-17-14(20(2)3)19-15(18-12)22-4/h5-8H,9H2,1-4H3,(H,16,21). The Labute approximate surface area is 129 Å². The second-order valence-electron chi connectivity index (χ2n) is 4.98. The van der Waals surface area contributed by atoms with Crippen molar-refractivity contribution in [1.82, 2.24) is 20.3 Å². The summed E-state index contributed by atoms with van der Waals surface area (Å²) in [5.41, 5.74) is 1.64. The summed E-state index contributed by atoms with van der Waals surface area (Å²) >= 11 is 0. The largest absolute Gasteiger partial charge is 0.467 e. The van der Waals surface area contributed by atoms with Crippen LogP contribution in [0.5, 0.6) is 6.01 Å². The summed E-state index contributed by atoms with van der Waals surface area (Å²) in [5.74, 6) is 0.748. The Morgan fingerprint density at radius 1 is 1.27 bits per heavy atom. The Kier molecular flexibility index (Phi) is 4.88. The molecule has 1 aromatic carbocycles. The van der Waals surface area contributed by atoms with E-state index < -0.39 is 0 Å². The molecular formula is C15H19N5O2. The molecule has 0 bridgehead atoms. The van der Waals surface area contributed by atoms with E-state index in [9.17, 15) is 4.79 Å². The van der Waals surface area contributed by atoms with E-state index in [1.807, 2.05) is 39.2 Å². The maximum Gasteiger partial charge on any atom is 0.321 e. The molecule has 1 amide bonds. The summed E-state index contributed by atoms with van der Waals surface area (Å²) in [7, 11) is 5.14. The van der Waals surface area contributed by atoms with Gasteiger partial charge >= 0.3 is 6.01 Å². The molecule has 1 aromatic heterocycles. The first-order valence-electron chi connectivity index (χ1n) is 6.80. The van der Waals surface area contributed by atoms with Gasteiger partial charge in [-0.1, -0.05) is 17.7 Å². The molecule has 2 rings (SSSR count). The minimum absolute atomic E-state index is 0.172. The second-order valence-corrected chi connectivity index (χ2v) is 4.98. The average Bonchev–Trinajstić information content (AvgIpc) is 2.52.